The number of aryl methyl sites for hydroxylation is 1. The van der Waals surface area contributed by atoms with Crippen LogP contribution in [-0.2, 0) is 4.79 Å². The van der Waals surface area contributed by atoms with Gasteiger partial charge in [0.05, 0.1) is 6.54 Å². The number of hydrogen-bond acceptors (Lipinski definition) is 3. The summed E-state index contributed by atoms with van der Waals surface area (Å²) >= 11 is 0. The second kappa shape index (κ2) is 8.53. The summed E-state index contributed by atoms with van der Waals surface area (Å²) in [6.07, 6.45) is 0. The van der Waals surface area contributed by atoms with Gasteiger partial charge in [0.2, 0.25) is 5.91 Å². The maximum atomic E-state index is 12.8. The van der Waals surface area contributed by atoms with Crippen LogP contribution in [0.15, 0.2) is 48.5 Å². The van der Waals surface area contributed by atoms with Crippen molar-refractivity contribution >= 4 is 17.6 Å². The number of nitrogens with one attached hydrogen (secondary N) is 1. The summed E-state index contributed by atoms with van der Waals surface area (Å²) in [6.45, 7) is 3.64. The summed E-state index contributed by atoms with van der Waals surface area (Å²) in [6, 6.07) is 13.2. The zero-order valence-corrected chi connectivity index (χ0v) is 15.2. The fraction of sp³-hybridized carbons (Fsp3) is 0.300. The van der Waals surface area contributed by atoms with Gasteiger partial charge in [0.15, 0.2) is 0 Å². The number of carbonyl (C=O) groups excluding carboxylic acids is 2. The molecule has 0 aliphatic carbocycles. The molecule has 27 heavy (non-hydrogen) atoms. The minimum absolute atomic E-state index is 0.0116. The number of halogens is 1. The molecule has 0 bridgehead atoms. The van der Waals surface area contributed by atoms with Crippen molar-refractivity contribution < 1.29 is 18.7 Å². The van der Waals surface area contributed by atoms with Crippen LogP contribution in [-0.4, -0.2) is 49.6 Å². The second-order valence-corrected chi connectivity index (χ2v) is 6.34. The van der Waals surface area contributed by atoms with E-state index in [4.69, 9.17) is 4.74 Å². The van der Waals surface area contributed by atoms with E-state index >= 15 is 0 Å². The van der Waals surface area contributed by atoms with E-state index in [1.165, 1.54) is 29.2 Å². The minimum atomic E-state index is -0.328. The van der Waals surface area contributed by atoms with Crippen LogP contribution in [0.3, 0.4) is 0 Å². The summed E-state index contributed by atoms with van der Waals surface area (Å²) < 4.78 is 18.2. The van der Waals surface area contributed by atoms with Crippen LogP contribution in [0.25, 0.3) is 0 Å². The average Bonchev–Trinajstić information content (AvgIpc) is 3.01. The van der Waals surface area contributed by atoms with E-state index in [9.17, 15) is 14.0 Å². The molecule has 0 spiro atoms. The van der Waals surface area contributed by atoms with Gasteiger partial charge in [0, 0.05) is 18.8 Å². The monoisotopic (exact) mass is 371 g/mol. The fourth-order valence-electron chi connectivity index (χ4n) is 2.81. The molecule has 3 rings (SSSR count). The number of hydrogen-bond donors (Lipinski definition) is 1. The van der Waals surface area contributed by atoms with Crippen molar-refractivity contribution in [3.8, 4) is 5.75 Å². The number of ether oxygens (including phenoxy) is 1. The molecule has 0 unspecified atom stereocenters. The van der Waals surface area contributed by atoms with Crippen molar-refractivity contribution in [1.29, 1.82) is 0 Å². The Hall–Kier alpha value is -3.09. The molecule has 0 aromatic heterocycles. The standard InChI is InChI=1S/C20H22FN3O3/c1-15-2-6-17(7-3-15)24-12-11-23(20(24)26)14-19(25)22-10-13-27-18-8-4-16(21)5-9-18/h2-9H,10-14H2,1H3,(H,22,25). The molecule has 1 aliphatic heterocycles. The van der Waals surface area contributed by atoms with Gasteiger partial charge in [-0.15, -0.1) is 0 Å². The number of rotatable bonds is 7. The lowest BCUT2D eigenvalue weighted by Gasteiger charge is -2.18. The number of carbonyl (C=O) groups is 2. The first-order chi connectivity index (χ1) is 13.0. The molecule has 0 radical (unpaired) electrons. The molecule has 1 aliphatic rings. The van der Waals surface area contributed by atoms with Crippen molar-refractivity contribution in [3.05, 3.63) is 59.9 Å². The summed E-state index contributed by atoms with van der Waals surface area (Å²) in [5, 5.41) is 2.72. The fourth-order valence-corrected chi connectivity index (χ4v) is 2.81. The highest BCUT2D eigenvalue weighted by Gasteiger charge is 2.30. The molecule has 2 aromatic rings. The third-order valence-electron chi connectivity index (χ3n) is 4.28. The van der Waals surface area contributed by atoms with Crippen LogP contribution in [0.5, 0.6) is 5.75 Å². The van der Waals surface area contributed by atoms with Gasteiger partial charge in [-0.3, -0.25) is 9.69 Å². The SMILES string of the molecule is Cc1ccc(N2CCN(CC(=O)NCCOc3ccc(F)cc3)C2=O)cc1. The average molecular weight is 371 g/mol. The van der Waals surface area contributed by atoms with E-state index in [-0.39, 0.29) is 30.9 Å². The third kappa shape index (κ3) is 4.97. The Morgan fingerprint density at radius 3 is 2.52 bits per heavy atom. The molecule has 1 N–H and O–H groups in total. The van der Waals surface area contributed by atoms with E-state index in [0.29, 0.717) is 25.4 Å². The lowest BCUT2D eigenvalue weighted by Crippen LogP contribution is -2.41. The molecule has 0 atom stereocenters. The van der Waals surface area contributed by atoms with Crippen molar-refractivity contribution in [2.24, 2.45) is 0 Å². The lowest BCUT2D eigenvalue weighted by molar-refractivity contribution is -0.121. The summed E-state index contributed by atoms with van der Waals surface area (Å²) in [5.41, 5.74) is 1.96. The molecule has 1 saturated heterocycles. The van der Waals surface area contributed by atoms with E-state index in [1.54, 1.807) is 4.90 Å². The van der Waals surface area contributed by atoms with Crippen molar-refractivity contribution in [2.75, 3.05) is 37.7 Å². The van der Waals surface area contributed by atoms with Gasteiger partial charge in [0.25, 0.3) is 0 Å². The lowest BCUT2D eigenvalue weighted by atomic mass is 10.2. The molecule has 142 valence electrons. The highest BCUT2D eigenvalue weighted by molar-refractivity contribution is 5.96. The maximum absolute atomic E-state index is 12.8. The molecule has 3 amide bonds. The Bertz CT molecular complexity index is 793. The van der Waals surface area contributed by atoms with Crippen LogP contribution < -0.4 is 15.0 Å². The predicted molar refractivity (Wildman–Crippen MR) is 100 cm³/mol. The van der Waals surface area contributed by atoms with Crippen LogP contribution >= 0.6 is 0 Å². The second-order valence-electron chi connectivity index (χ2n) is 6.34. The highest BCUT2D eigenvalue weighted by Crippen LogP contribution is 2.20. The van der Waals surface area contributed by atoms with Crippen molar-refractivity contribution in [1.82, 2.24) is 10.2 Å². The Morgan fingerprint density at radius 2 is 1.81 bits per heavy atom. The van der Waals surface area contributed by atoms with Gasteiger partial charge in [-0.05, 0) is 43.3 Å². The third-order valence-corrected chi connectivity index (χ3v) is 4.28. The molecule has 1 heterocycles. The van der Waals surface area contributed by atoms with Gasteiger partial charge < -0.3 is 15.0 Å². The quantitative estimate of drug-likeness (QED) is 0.761. The first-order valence-electron chi connectivity index (χ1n) is 8.81. The van der Waals surface area contributed by atoms with Crippen LogP contribution in [0, 0.1) is 12.7 Å². The van der Waals surface area contributed by atoms with Crippen LogP contribution in [0.1, 0.15) is 5.56 Å². The molecular weight excluding hydrogens is 349 g/mol. The van der Waals surface area contributed by atoms with Crippen LogP contribution in [0.4, 0.5) is 14.9 Å². The number of urea groups is 1. The summed E-state index contributed by atoms with van der Waals surface area (Å²) in [5.74, 6) is -0.0310. The number of anilines is 1. The smallest absolute Gasteiger partial charge is 0.325 e. The molecule has 1 fully saturated rings. The molecular formula is C20H22FN3O3. The highest BCUT2D eigenvalue weighted by atomic mass is 19.1. The normalized spacial score (nSPS) is 13.8. The Labute approximate surface area is 157 Å². The van der Waals surface area contributed by atoms with E-state index in [1.807, 2.05) is 31.2 Å². The predicted octanol–water partition coefficient (Wildman–Crippen LogP) is 2.57. The summed E-state index contributed by atoms with van der Waals surface area (Å²) in [7, 11) is 0. The van der Waals surface area contributed by atoms with Crippen LogP contribution in [0.2, 0.25) is 0 Å². The van der Waals surface area contributed by atoms with Gasteiger partial charge in [-0.2, -0.15) is 0 Å². The number of benzene rings is 2. The Morgan fingerprint density at radius 1 is 1.11 bits per heavy atom. The van der Waals surface area contributed by atoms with Crippen molar-refractivity contribution in [2.45, 2.75) is 6.92 Å². The molecule has 2 aromatic carbocycles. The summed E-state index contributed by atoms with van der Waals surface area (Å²) in [4.78, 5) is 27.7. The minimum Gasteiger partial charge on any atom is -0.492 e. The van der Waals surface area contributed by atoms with Crippen molar-refractivity contribution in [3.63, 3.8) is 0 Å². The zero-order chi connectivity index (χ0) is 19.2. The van der Waals surface area contributed by atoms with Gasteiger partial charge in [0.1, 0.15) is 24.7 Å². The first-order valence-corrected chi connectivity index (χ1v) is 8.81. The first kappa shape index (κ1) is 18.7. The van der Waals surface area contributed by atoms with Gasteiger partial charge in [-0.1, -0.05) is 17.7 Å². The van der Waals surface area contributed by atoms with E-state index in [2.05, 4.69) is 5.32 Å². The van der Waals surface area contributed by atoms with Gasteiger partial charge >= 0.3 is 6.03 Å². The zero-order valence-electron chi connectivity index (χ0n) is 15.2. The number of nitrogens with zero attached hydrogens (tertiary/aromatic N) is 2. The Kier molecular flexibility index (Phi) is 5.90. The largest absolute Gasteiger partial charge is 0.492 e. The molecule has 0 saturated carbocycles. The van der Waals surface area contributed by atoms with E-state index in [0.717, 1.165) is 11.3 Å². The van der Waals surface area contributed by atoms with Gasteiger partial charge in [-0.25, -0.2) is 9.18 Å². The Balaban J connectivity index is 1.41. The van der Waals surface area contributed by atoms with E-state index < -0.39 is 0 Å². The topological polar surface area (TPSA) is 61.9 Å². The molecule has 6 nitrogen and oxygen atoms in total. The maximum Gasteiger partial charge on any atom is 0.325 e. The molecule has 7 heteroatoms. The number of amides is 3.